The summed E-state index contributed by atoms with van der Waals surface area (Å²) in [5, 5.41) is 1.95. The van der Waals surface area contributed by atoms with Crippen LogP contribution < -0.4 is 0 Å². The summed E-state index contributed by atoms with van der Waals surface area (Å²) in [5.41, 5.74) is 2.71. The van der Waals surface area contributed by atoms with Crippen molar-refractivity contribution in [3.63, 3.8) is 0 Å². The van der Waals surface area contributed by atoms with Gasteiger partial charge in [0, 0.05) is 24.7 Å². The lowest BCUT2D eigenvalue weighted by molar-refractivity contribution is -0.130. The Labute approximate surface area is 92.7 Å². The van der Waals surface area contributed by atoms with Gasteiger partial charge in [-0.1, -0.05) is 0 Å². The first-order chi connectivity index (χ1) is 6.74. The lowest BCUT2D eigenvalue weighted by atomic mass is 10.3. The molecule has 0 aliphatic carbocycles. The van der Waals surface area contributed by atoms with Crippen LogP contribution in [-0.4, -0.2) is 28.7 Å². The number of thiazole rings is 1. The van der Waals surface area contributed by atoms with Gasteiger partial charge in [0.15, 0.2) is 0 Å². The van der Waals surface area contributed by atoms with E-state index in [0.29, 0.717) is 18.8 Å². The highest BCUT2D eigenvalue weighted by Crippen LogP contribution is 2.06. The zero-order valence-electron chi connectivity index (χ0n) is 8.07. The van der Waals surface area contributed by atoms with Crippen molar-refractivity contribution < 1.29 is 4.79 Å². The van der Waals surface area contributed by atoms with Crippen molar-refractivity contribution in [2.24, 2.45) is 0 Å². The maximum Gasteiger partial charge on any atom is 0.222 e. The minimum Gasteiger partial charge on any atom is -0.340 e. The second kappa shape index (κ2) is 5.98. The minimum atomic E-state index is 0.124. The molecule has 1 rings (SSSR count). The molecule has 3 nitrogen and oxygen atoms in total. The number of carbonyl (C=O) groups is 1. The third-order valence-corrected chi connectivity index (χ3v) is 2.74. The van der Waals surface area contributed by atoms with Gasteiger partial charge < -0.3 is 4.90 Å². The van der Waals surface area contributed by atoms with Crippen LogP contribution in [0.5, 0.6) is 0 Å². The van der Waals surface area contributed by atoms with Gasteiger partial charge in [0.05, 0.1) is 17.7 Å². The second-order valence-electron chi connectivity index (χ2n) is 3.02. The molecule has 78 valence electrons. The maximum atomic E-state index is 11.5. The molecule has 5 heteroatoms. The Morgan fingerprint density at radius 3 is 3.07 bits per heavy atom. The first kappa shape index (κ1) is 11.5. The van der Waals surface area contributed by atoms with Crippen molar-refractivity contribution in [3.8, 4) is 0 Å². The van der Waals surface area contributed by atoms with Gasteiger partial charge in [-0.05, 0) is 6.42 Å². The topological polar surface area (TPSA) is 33.2 Å². The van der Waals surface area contributed by atoms with Gasteiger partial charge in [-0.2, -0.15) is 0 Å². The number of nitrogens with zero attached hydrogens (tertiary/aromatic N) is 2. The van der Waals surface area contributed by atoms with E-state index in [0.717, 1.165) is 12.1 Å². The van der Waals surface area contributed by atoms with E-state index in [1.807, 2.05) is 5.38 Å². The Morgan fingerprint density at radius 2 is 2.50 bits per heavy atom. The SMILES string of the molecule is CN(Cc1cscn1)C(=O)CCCCl. The molecule has 0 bridgehead atoms. The third kappa shape index (κ3) is 3.64. The van der Waals surface area contributed by atoms with E-state index in [1.54, 1.807) is 28.8 Å². The van der Waals surface area contributed by atoms with E-state index in [2.05, 4.69) is 4.98 Å². The summed E-state index contributed by atoms with van der Waals surface area (Å²) < 4.78 is 0. The molecule has 0 aliphatic rings. The number of carbonyl (C=O) groups excluding carboxylic acids is 1. The largest absolute Gasteiger partial charge is 0.340 e. The van der Waals surface area contributed by atoms with Crippen molar-refractivity contribution in [2.45, 2.75) is 19.4 Å². The average molecular weight is 233 g/mol. The molecule has 0 unspecified atom stereocenters. The predicted octanol–water partition coefficient (Wildman–Crippen LogP) is 2.12. The van der Waals surface area contributed by atoms with Crippen LogP contribution in [0.25, 0.3) is 0 Å². The van der Waals surface area contributed by atoms with E-state index in [1.165, 1.54) is 0 Å². The summed E-state index contributed by atoms with van der Waals surface area (Å²) in [5.74, 6) is 0.662. The molecule has 0 saturated heterocycles. The van der Waals surface area contributed by atoms with Crippen LogP contribution in [0.15, 0.2) is 10.9 Å². The first-order valence-corrected chi connectivity index (χ1v) is 5.88. The Kier molecular flexibility index (Phi) is 4.90. The zero-order valence-corrected chi connectivity index (χ0v) is 9.64. The normalized spacial score (nSPS) is 10.1. The van der Waals surface area contributed by atoms with Crippen molar-refractivity contribution in [3.05, 3.63) is 16.6 Å². The highest BCUT2D eigenvalue weighted by Gasteiger charge is 2.09. The summed E-state index contributed by atoms with van der Waals surface area (Å²) in [4.78, 5) is 17.3. The molecule has 0 aromatic carbocycles. The van der Waals surface area contributed by atoms with Crippen molar-refractivity contribution in [2.75, 3.05) is 12.9 Å². The molecule has 1 aromatic heterocycles. The smallest absolute Gasteiger partial charge is 0.222 e. The quantitative estimate of drug-likeness (QED) is 0.729. The van der Waals surface area contributed by atoms with Gasteiger partial charge in [-0.25, -0.2) is 4.98 Å². The van der Waals surface area contributed by atoms with E-state index < -0.39 is 0 Å². The molecule has 1 amide bonds. The second-order valence-corrected chi connectivity index (χ2v) is 4.12. The summed E-state index contributed by atoms with van der Waals surface area (Å²) in [6, 6.07) is 0. The molecular weight excluding hydrogens is 220 g/mol. The van der Waals surface area contributed by atoms with E-state index >= 15 is 0 Å². The molecule has 0 fully saturated rings. The van der Waals surface area contributed by atoms with Gasteiger partial charge in [-0.15, -0.1) is 22.9 Å². The number of halogens is 1. The summed E-state index contributed by atoms with van der Waals surface area (Å²) in [7, 11) is 1.79. The number of hydrogen-bond donors (Lipinski definition) is 0. The van der Waals surface area contributed by atoms with E-state index in [9.17, 15) is 4.79 Å². The number of alkyl halides is 1. The summed E-state index contributed by atoms with van der Waals surface area (Å²) in [6.07, 6.45) is 1.26. The van der Waals surface area contributed by atoms with Crippen LogP contribution in [0.1, 0.15) is 18.5 Å². The van der Waals surface area contributed by atoms with Crippen LogP contribution in [-0.2, 0) is 11.3 Å². The Balaban J connectivity index is 2.34. The molecule has 14 heavy (non-hydrogen) atoms. The number of hydrogen-bond acceptors (Lipinski definition) is 3. The lowest BCUT2D eigenvalue weighted by Crippen LogP contribution is -2.26. The molecule has 0 N–H and O–H groups in total. The van der Waals surface area contributed by atoms with Crippen LogP contribution in [0.2, 0.25) is 0 Å². The monoisotopic (exact) mass is 232 g/mol. The number of aromatic nitrogens is 1. The predicted molar refractivity (Wildman–Crippen MR) is 58.5 cm³/mol. The highest BCUT2D eigenvalue weighted by molar-refractivity contribution is 7.07. The Bertz CT molecular complexity index is 276. The number of amides is 1. The highest BCUT2D eigenvalue weighted by atomic mass is 35.5. The van der Waals surface area contributed by atoms with Crippen molar-refractivity contribution in [1.82, 2.24) is 9.88 Å². The van der Waals surface area contributed by atoms with E-state index in [4.69, 9.17) is 11.6 Å². The number of rotatable bonds is 5. The average Bonchev–Trinajstić information content (AvgIpc) is 2.66. The summed E-state index contributed by atoms with van der Waals surface area (Å²) >= 11 is 7.05. The van der Waals surface area contributed by atoms with Crippen LogP contribution in [0.3, 0.4) is 0 Å². The third-order valence-electron chi connectivity index (χ3n) is 1.83. The molecule has 0 aliphatic heterocycles. The van der Waals surface area contributed by atoms with Crippen LogP contribution in [0.4, 0.5) is 0 Å². The molecule has 0 saturated carbocycles. The van der Waals surface area contributed by atoms with Gasteiger partial charge in [0.1, 0.15) is 0 Å². The standard InChI is InChI=1S/C9H13ClN2OS/c1-12(9(13)3-2-4-10)5-8-6-14-7-11-8/h6-7H,2-5H2,1H3. The maximum absolute atomic E-state index is 11.5. The Morgan fingerprint density at radius 1 is 1.71 bits per heavy atom. The Hall–Kier alpha value is -0.610. The van der Waals surface area contributed by atoms with Crippen molar-refractivity contribution >= 4 is 28.8 Å². The van der Waals surface area contributed by atoms with Crippen LogP contribution >= 0.6 is 22.9 Å². The first-order valence-electron chi connectivity index (χ1n) is 4.41. The molecule has 0 spiro atoms. The zero-order chi connectivity index (χ0) is 10.4. The fourth-order valence-corrected chi connectivity index (χ4v) is 1.74. The van der Waals surface area contributed by atoms with Crippen LogP contribution in [0, 0.1) is 0 Å². The van der Waals surface area contributed by atoms with Gasteiger partial charge in [0.25, 0.3) is 0 Å². The molecule has 1 heterocycles. The van der Waals surface area contributed by atoms with Gasteiger partial charge in [-0.3, -0.25) is 4.79 Å². The molecular formula is C9H13ClN2OS. The minimum absolute atomic E-state index is 0.124. The van der Waals surface area contributed by atoms with Gasteiger partial charge in [0.2, 0.25) is 5.91 Å². The summed E-state index contributed by atoms with van der Waals surface area (Å²) in [6.45, 7) is 0.588. The molecule has 1 aromatic rings. The fourth-order valence-electron chi connectivity index (χ4n) is 1.06. The van der Waals surface area contributed by atoms with Gasteiger partial charge >= 0.3 is 0 Å². The molecule has 0 atom stereocenters. The lowest BCUT2D eigenvalue weighted by Gasteiger charge is -2.15. The van der Waals surface area contributed by atoms with E-state index in [-0.39, 0.29) is 5.91 Å². The van der Waals surface area contributed by atoms with Crippen molar-refractivity contribution in [1.29, 1.82) is 0 Å². The molecule has 0 radical (unpaired) electrons. The fraction of sp³-hybridized carbons (Fsp3) is 0.556.